The van der Waals surface area contributed by atoms with E-state index < -0.39 is 25.0 Å². The van der Waals surface area contributed by atoms with Gasteiger partial charge in [-0.25, -0.2) is 4.98 Å². The second kappa shape index (κ2) is 14.6. The largest absolute Gasteiger partial charge is 0.509 e. The molecular weight excluding hydrogens is 940 g/mol. The Balaban J connectivity index is 0.00000608. The maximum absolute atomic E-state index is 8.92. The first kappa shape index (κ1) is 33.3. The van der Waals surface area contributed by atoms with Crippen LogP contribution in [-0.4, -0.2) is 16.2 Å². The first-order valence-corrected chi connectivity index (χ1v) is 20.9. The first-order valence-electron chi connectivity index (χ1n) is 24.9. The van der Waals surface area contributed by atoms with E-state index in [1.807, 2.05) is 71.3 Å². The van der Waals surface area contributed by atoms with Gasteiger partial charge in [-0.15, -0.1) is 29.7 Å². The Morgan fingerprint density at radius 2 is 1.40 bits per heavy atom. The number of aryl methyl sites for hydroxylation is 1. The Morgan fingerprint density at radius 3 is 2.10 bits per heavy atom. The topological polar surface area (TPSA) is 27.1 Å². The van der Waals surface area contributed by atoms with Crippen molar-refractivity contribution in [1.82, 2.24) is 18.5 Å². The molecule has 5 heterocycles. The third-order valence-electron chi connectivity index (χ3n) is 12.5. The number of rotatable bonds is 6. The van der Waals surface area contributed by atoms with Crippen LogP contribution in [0.15, 0.2) is 133 Å². The number of pyridine rings is 1. The number of para-hydroxylation sites is 1. The molecular formula is C56H55N4OPt-. The van der Waals surface area contributed by atoms with Crippen LogP contribution in [0, 0.1) is 25.7 Å². The molecule has 0 amide bonds. The van der Waals surface area contributed by atoms with Gasteiger partial charge in [0.05, 0.1) is 13.5 Å². The molecule has 316 valence electrons. The van der Waals surface area contributed by atoms with Gasteiger partial charge in [0, 0.05) is 77.8 Å². The second-order valence-corrected chi connectivity index (χ2v) is 19.7. The summed E-state index contributed by atoms with van der Waals surface area (Å²) >= 11 is 0. The molecule has 2 atom stereocenters. The van der Waals surface area contributed by atoms with Crippen molar-refractivity contribution in [2.75, 3.05) is 6.67 Å². The molecule has 6 heteroatoms. The Morgan fingerprint density at radius 1 is 0.726 bits per heavy atom. The van der Waals surface area contributed by atoms with E-state index >= 15 is 0 Å². The smallest absolute Gasteiger partial charge is 0.184 e. The SMILES string of the molecule is [2H]c1c([2H])c([2H])c(-c2cccc3c2c2ccc(Oc4[c-]c([N@@+]56[CH-][N@@+](c7cc(C(C)(C)C)cc(C(C)(C)C)c7)(C5)c5c(C([2H])([2H])[2H])cccc56)ccc4)[c-]c2n3-c2cc(C(C)(C)C)ccn2)c([2H])c1[2H].[Pt]. The van der Waals surface area contributed by atoms with Crippen molar-refractivity contribution in [3.63, 3.8) is 0 Å². The summed E-state index contributed by atoms with van der Waals surface area (Å²) < 4.78 is 78.6. The van der Waals surface area contributed by atoms with Crippen LogP contribution in [0.25, 0.3) is 38.8 Å². The van der Waals surface area contributed by atoms with Crippen molar-refractivity contribution in [1.29, 1.82) is 0 Å². The maximum Gasteiger partial charge on any atom is 0.184 e. The van der Waals surface area contributed by atoms with E-state index in [-0.39, 0.29) is 63.9 Å². The average Bonchev–Trinajstić information content (AvgIpc) is 3.88. The molecule has 0 spiro atoms. The molecule has 3 aliphatic heterocycles. The number of benzene rings is 6. The van der Waals surface area contributed by atoms with Gasteiger partial charge in [0.1, 0.15) is 11.5 Å². The zero-order chi connectivity index (χ0) is 49.5. The summed E-state index contributed by atoms with van der Waals surface area (Å²) in [5.41, 5.74) is 8.69. The predicted octanol–water partition coefficient (Wildman–Crippen LogP) is 14.8. The summed E-state index contributed by atoms with van der Waals surface area (Å²) in [6, 6.07) is 36.8. The van der Waals surface area contributed by atoms with E-state index in [4.69, 9.17) is 20.7 Å². The number of quaternary nitrogens is 2. The molecule has 5 nitrogen and oxygen atoms in total. The molecule has 1 fully saturated rings. The summed E-state index contributed by atoms with van der Waals surface area (Å²) in [6.45, 7) is 20.1. The summed E-state index contributed by atoms with van der Waals surface area (Å²) in [5.74, 6) is 1.46. The Labute approximate surface area is 393 Å². The van der Waals surface area contributed by atoms with Crippen LogP contribution >= 0.6 is 0 Å². The molecule has 8 aromatic rings. The molecule has 0 N–H and O–H groups in total. The van der Waals surface area contributed by atoms with E-state index in [0.717, 1.165) is 33.7 Å². The van der Waals surface area contributed by atoms with Gasteiger partial charge in [-0.2, -0.15) is 12.1 Å². The molecule has 11 rings (SSSR count). The van der Waals surface area contributed by atoms with Gasteiger partial charge in [-0.05, 0) is 74.5 Å². The van der Waals surface area contributed by atoms with E-state index in [9.17, 15) is 0 Å². The van der Waals surface area contributed by atoms with Gasteiger partial charge >= 0.3 is 0 Å². The summed E-state index contributed by atoms with van der Waals surface area (Å²) in [5, 5.41) is 1.41. The number of hydrogen-bond donors (Lipinski definition) is 0. The molecule has 0 saturated carbocycles. The van der Waals surface area contributed by atoms with Gasteiger partial charge in [0.2, 0.25) is 0 Å². The van der Waals surface area contributed by atoms with Crippen molar-refractivity contribution in [3.8, 4) is 28.4 Å². The molecule has 0 unspecified atom stereocenters. The minimum absolute atomic E-state index is 0. The Kier molecular flexibility index (Phi) is 7.85. The van der Waals surface area contributed by atoms with E-state index in [2.05, 4.69) is 99.3 Å². The fraction of sp³-hybridized carbons (Fsp3) is 0.250. The van der Waals surface area contributed by atoms with Crippen molar-refractivity contribution < 1.29 is 36.8 Å². The zero-order valence-electron chi connectivity index (χ0n) is 44.6. The third kappa shape index (κ3) is 6.67. The van der Waals surface area contributed by atoms with Crippen LogP contribution in [0.3, 0.4) is 0 Å². The molecule has 6 aromatic carbocycles. The molecule has 3 aliphatic rings. The van der Waals surface area contributed by atoms with E-state index in [1.165, 1.54) is 11.1 Å². The number of nitrogens with zero attached hydrogens (tertiary/aromatic N) is 4. The average molecular weight is 1000 g/mol. The van der Waals surface area contributed by atoms with Crippen LogP contribution < -0.4 is 13.7 Å². The van der Waals surface area contributed by atoms with Gasteiger partial charge in [0.15, 0.2) is 18.0 Å². The van der Waals surface area contributed by atoms with Gasteiger partial charge in [-0.3, -0.25) is 4.48 Å². The van der Waals surface area contributed by atoms with Crippen LogP contribution in [0.5, 0.6) is 11.5 Å². The number of fused-ring (bicyclic) bond motifs is 3. The number of aromatic nitrogens is 2. The number of hydrogen-bond acceptors (Lipinski definition) is 2. The van der Waals surface area contributed by atoms with Crippen molar-refractivity contribution in [3.05, 3.63) is 175 Å². The minimum atomic E-state index is -2.35. The quantitative estimate of drug-likeness (QED) is 0.123. The van der Waals surface area contributed by atoms with Crippen LogP contribution in [-0.2, 0) is 37.3 Å². The Bertz CT molecular complexity index is 3380. The standard InChI is InChI=1S/C56H55N4O.Pt/c1-37-17-14-24-50-53(37)60(43-30-40(55(5,6)7)29-41(31-43)56(8,9)10)35-59(50,36-60)42-20-15-21-44(33-42)61-45-25-26-47-49(34-45)58(51-32-39(27-28-57-51)54(2,3)4)48-23-16-22-46(52(47)48)38-18-12-11-13-19-38;/h11-32,35H,36H2,1-10H3;/q-1;/t59-,60+;/m1./s1/i1D3,11D,12D,13D,18D,19D;. The normalized spacial score (nSPS) is 20.4. The van der Waals surface area contributed by atoms with Crippen LogP contribution in [0.2, 0.25) is 0 Å². The van der Waals surface area contributed by atoms with Gasteiger partial charge in [-0.1, -0.05) is 134 Å². The molecule has 2 bridgehead atoms. The van der Waals surface area contributed by atoms with Crippen molar-refractivity contribution in [2.24, 2.45) is 0 Å². The zero-order valence-corrected chi connectivity index (χ0v) is 38.9. The van der Waals surface area contributed by atoms with Gasteiger partial charge in [0.25, 0.3) is 0 Å². The molecule has 0 radical (unpaired) electrons. The molecule has 2 aromatic heterocycles. The van der Waals surface area contributed by atoms with Crippen molar-refractivity contribution in [2.45, 2.75) is 85.4 Å². The fourth-order valence-electron chi connectivity index (χ4n) is 9.17. The second-order valence-electron chi connectivity index (χ2n) is 19.7. The molecule has 62 heavy (non-hydrogen) atoms. The van der Waals surface area contributed by atoms with Crippen LogP contribution in [0.1, 0.15) is 95.5 Å². The monoisotopic (exact) mass is 1000 g/mol. The van der Waals surface area contributed by atoms with E-state index in [0.29, 0.717) is 51.5 Å². The minimum Gasteiger partial charge on any atom is -0.509 e. The third-order valence-corrected chi connectivity index (χ3v) is 12.5. The molecule has 1 saturated heterocycles. The van der Waals surface area contributed by atoms with Crippen molar-refractivity contribution >= 4 is 44.6 Å². The Hall–Kier alpha value is -5.32. The number of ether oxygens (including phenoxy) is 1. The molecule has 0 aliphatic carbocycles. The van der Waals surface area contributed by atoms with Crippen LogP contribution in [0.4, 0.5) is 22.7 Å². The first-order chi connectivity index (χ1) is 32.2. The summed E-state index contributed by atoms with van der Waals surface area (Å²) in [6.07, 6.45) is 1.78. The maximum atomic E-state index is 8.92. The fourth-order valence-corrected chi connectivity index (χ4v) is 9.17. The summed E-state index contributed by atoms with van der Waals surface area (Å²) in [4.78, 5) is 4.85. The summed E-state index contributed by atoms with van der Waals surface area (Å²) in [7, 11) is 0. The predicted molar refractivity (Wildman–Crippen MR) is 254 cm³/mol. The van der Waals surface area contributed by atoms with E-state index in [1.54, 1.807) is 18.3 Å². The van der Waals surface area contributed by atoms with Gasteiger partial charge < -0.3 is 13.8 Å².